The summed E-state index contributed by atoms with van der Waals surface area (Å²) < 4.78 is 20.1. The number of benzene rings is 3. The molecule has 0 saturated carbocycles. The summed E-state index contributed by atoms with van der Waals surface area (Å²) in [5.74, 6) is -1.40. The molecule has 0 fully saturated rings. The summed E-state index contributed by atoms with van der Waals surface area (Å²) in [4.78, 5) is 36.0. The normalized spacial score (nSPS) is 15.5. The van der Waals surface area contributed by atoms with E-state index in [9.17, 15) is 14.0 Å². The van der Waals surface area contributed by atoms with Crippen LogP contribution in [-0.2, 0) is 9.53 Å². The molecule has 2 N–H and O–H groups in total. The highest BCUT2D eigenvalue weighted by atomic mass is 19.1. The molecule has 4 aromatic rings. The number of aromatic nitrogens is 1. The number of hydrogen-bond donors (Lipinski definition) is 2. The molecule has 7 nitrogen and oxygen atoms in total. The van der Waals surface area contributed by atoms with Crippen molar-refractivity contribution in [3.63, 3.8) is 0 Å². The Balaban J connectivity index is 1.59. The Labute approximate surface area is 201 Å². The highest BCUT2D eigenvalue weighted by Gasteiger charge is 2.33. The molecule has 0 bridgehead atoms. The molecular weight excluding hydrogens is 447 g/mol. The molecule has 0 aliphatic carbocycles. The number of anilines is 1. The van der Waals surface area contributed by atoms with Gasteiger partial charge in [0.05, 0.1) is 18.0 Å². The van der Waals surface area contributed by atoms with E-state index in [-0.39, 0.29) is 24.4 Å². The number of fused-ring (bicyclic) bond motifs is 2. The average molecular weight is 471 g/mol. The Bertz CT molecular complexity index is 1410. The minimum atomic E-state index is -1.27. The minimum absolute atomic E-state index is 0.241. The number of nitrogens with one attached hydrogen (secondary N) is 2. The third kappa shape index (κ3) is 4.31. The summed E-state index contributed by atoms with van der Waals surface area (Å²) in [7, 11) is 1.55. The molecule has 0 spiro atoms. The molecule has 35 heavy (non-hydrogen) atoms. The highest BCUT2D eigenvalue weighted by molar-refractivity contribution is 6.20. The molecule has 3 aromatic carbocycles. The van der Waals surface area contributed by atoms with E-state index in [0.717, 1.165) is 10.9 Å². The maximum Gasteiger partial charge on any atom is 0.272 e. The van der Waals surface area contributed by atoms with Gasteiger partial charge < -0.3 is 19.9 Å². The second-order valence-electron chi connectivity index (χ2n) is 8.10. The van der Waals surface area contributed by atoms with Crippen LogP contribution in [0.2, 0.25) is 0 Å². The lowest BCUT2D eigenvalue weighted by Crippen LogP contribution is -2.48. The predicted octanol–water partition coefficient (Wildman–Crippen LogP) is 3.89. The number of aliphatic imine (C=N–C) groups is 1. The van der Waals surface area contributed by atoms with E-state index < -0.39 is 23.8 Å². The molecule has 1 aliphatic rings. The number of aromatic amines is 1. The maximum absolute atomic E-state index is 14.9. The van der Waals surface area contributed by atoms with Gasteiger partial charge in [0.15, 0.2) is 0 Å². The molecule has 1 aliphatic heterocycles. The van der Waals surface area contributed by atoms with Gasteiger partial charge in [0.1, 0.15) is 11.5 Å². The van der Waals surface area contributed by atoms with Gasteiger partial charge in [0.25, 0.3) is 11.8 Å². The summed E-state index contributed by atoms with van der Waals surface area (Å²) in [6.45, 7) is 0.517. The van der Waals surface area contributed by atoms with Crippen LogP contribution in [0.15, 0.2) is 83.9 Å². The van der Waals surface area contributed by atoms with Crippen molar-refractivity contribution in [2.45, 2.75) is 6.17 Å². The number of H-pyrrole nitrogens is 1. The van der Waals surface area contributed by atoms with Crippen molar-refractivity contribution in [2.24, 2.45) is 4.99 Å². The van der Waals surface area contributed by atoms with Gasteiger partial charge >= 0.3 is 0 Å². The van der Waals surface area contributed by atoms with E-state index in [2.05, 4.69) is 15.3 Å². The quantitative estimate of drug-likeness (QED) is 0.448. The summed E-state index contributed by atoms with van der Waals surface area (Å²) in [6, 6.07) is 22.6. The lowest BCUT2D eigenvalue weighted by molar-refractivity contribution is -0.120. The first-order valence-electron chi connectivity index (χ1n) is 11.2. The lowest BCUT2D eigenvalue weighted by Gasteiger charge is -2.25. The molecule has 5 rings (SSSR count). The molecular formula is C27H23FN4O3. The number of carbonyl (C=O) groups is 2. The van der Waals surface area contributed by atoms with Crippen LogP contribution in [0.1, 0.15) is 21.6 Å². The lowest BCUT2D eigenvalue weighted by atomic mass is 10.00. The first kappa shape index (κ1) is 22.5. The van der Waals surface area contributed by atoms with Crippen molar-refractivity contribution in [3.8, 4) is 0 Å². The van der Waals surface area contributed by atoms with E-state index >= 15 is 0 Å². The molecule has 1 aromatic heterocycles. The molecule has 1 unspecified atom stereocenters. The fourth-order valence-corrected chi connectivity index (χ4v) is 4.20. The monoisotopic (exact) mass is 470 g/mol. The largest absolute Gasteiger partial charge is 0.383 e. The Morgan fingerprint density at radius 3 is 2.54 bits per heavy atom. The van der Waals surface area contributed by atoms with Crippen LogP contribution >= 0.6 is 0 Å². The first-order chi connectivity index (χ1) is 17.1. The Morgan fingerprint density at radius 2 is 1.77 bits per heavy atom. The summed E-state index contributed by atoms with van der Waals surface area (Å²) >= 11 is 0. The number of amides is 2. The fourth-order valence-electron chi connectivity index (χ4n) is 4.20. The van der Waals surface area contributed by atoms with Crippen molar-refractivity contribution in [2.75, 3.05) is 25.2 Å². The van der Waals surface area contributed by atoms with Gasteiger partial charge in [-0.05, 0) is 30.3 Å². The van der Waals surface area contributed by atoms with E-state index in [4.69, 9.17) is 4.74 Å². The van der Waals surface area contributed by atoms with Crippen molar-refractivity contribution >= 4 is 34.1 Å². The van der Waals surface area contributed by atoms with Gasteiger partial charge in [-0.3, -0.25) is 9.59 Å². The van der Waals surface area contributed by atoms with Gasteiger partial charge in [0.2, 0.25) is 6.17 Å². The Hall–Kier alpha value is -4.30. The van der Waals surface area contributed by atoms with Crippen molar-refractivity contribution < 1.29 is 18.7 Å². The van der Waals surface area contributed by atoms with Gasteiger partial charge in [0, 0.05) is 35.7 Å². The minimum Gasteiger partial charge on any atom is -0.383 e. The number of methoxy groups -OCH3 is 1. The summed E-state index contributed by atoms with van der Waals surface area (Å²) in [5, 5.41) is 3.60. The summed E-state index contributed by atoms with van der Waals surface area (Å²) in [6.07, 6.45) is -1.27. The van der Waals surface area contributed by atoms with E-state index in [1.807, 2.05) is 24.3 Å². The SMILES string of the molecule is COCCN1C(=O)C(NC(=O)c2cc3ccccc3[nH]2)N=C(c2ccccc2F)c2ccccc21. The Morgan fingerprint density at radius 1 is 1.06 bits per heavy atom. The summed E-state index contributed by atoms with van der Waals surface area (Å²) in [5.41, 5.74) is 2.78. The predicted molar refractivity (Wildman–Crippen MR) is 132 cm³/mol. The zero-order valence-corrected chi connectivity index (χ0v) is 19.0. The average Bonchev–Trinajstić information content (AvgIpc) is 3.28. The van der Waals surface area contributed by atoms with Crippen molar-refractivity contribution in [3.05, 3.63) is 102 Å². The van der Waals surface area contributed by atoms with Crippen LogP contribution in [0.4, 0.5) is 10.1 Å². The zero-order chi connectivity index (χ0) is 24.4. The third-order valence-electron chi connectivity index (χ3n) is 5.90. The van der Waals surface area contributed by atoms with Gasteiger partial charge in [-0.25, -0.2) is 9.38 Å². The molecule has 8 heteroatoms. The van der Waals surface area contributed by atoms with Crippen molar-refractivity contribution in [1.29, 1.82) is 0 Å². The Kier molecular flexibility index (Phi) is 6.12. The first-order valence-corrected chi connectivity index (χ1v) is 11.2. The van der Waals surface area contributed by atoms with E-state index in [0.29, 0.717) is 16.9 Å². The topological polar surface area (TPSA) is 86.8 Å². The number of nitrogens with zero attached hydrogens (tertiary/aromatic N) is 2. The zero-order valence-electron chi connectivity index (χ0n) is 19.0. The smallest absolute Gasteiger partial charge is 0.272 e. The maximum atomic E-state index is 14.9. The highest BCUT2D eigenvalue weighted by Crippen LogP contribution is 2.29. The second-order valence-corrected chi connectivity index (χ2v) is 8.10. The molecule has 2 amide bonds. The van der Waals surface area contributed by atoms with Gasteiger partial charge in [-0.15, -0.1) is 0 Å². The van der Waals surface area contributed by atoms with Crippen LogP contribution in [0, 0.1) is 5.82 Å². The van der Waals surface area contributed by atoms with Crippen LogP contribution in [0.25, 0.3) is 10.9 Å². The number of hydrogen-bond acceptors (Lipinski definition) is 4. The van der Waals surface area contributed by atoms with E-state index in [1.54, 1.807) is 55.6 Å². The third-order valence-corrected chi connectivity index (χ3v) is 5.90. The van der Waals surface area contributed by atoms with Crippen LogP contribution in [-0.4, -0.2) is 48.9 Å². The van der Waals surface area contributed by atoms with Crippen LogP contribution in [0.5, 0.6) is 0 Å². The number of rotatable bonds is 6. The second kappa shape index (κ2) is 9.52. The van der Waals surface area contributed by atoms with Crippen LogP contribution < -0.4 is 10.2 Å². The number of ether oxygens (including phenoxy) is 1. The number of carbonyl (C=O) groups excluding carboxylic acids is 2. The fraction of sp³-hybridized carbons (Fsp3) is 0.148. The molecule has 1 atom stereocenters. The standard InChI is InChI=1S/C27H23FN4O3/c1-35-15-14-32-23-13-7-4-10-19(23)24(18-9-3-5-11-20(18)28)30-25(27(32)34)31-26(33)22-16-17-8-2-6-12-21(17)29-22/h2-13,16,25,29H,14-15H2,1H3,(H,31,33). The van der Waals surface area contributed by atoms with E-state index in [1.165, 1.54) is 11.0 Å². The molecule has 2 heterocycles. The number of halogens is 1. The number of benzodiazepines with no additional fused rings is 1. The van der Waals surface area contributed by atoms with Gasteiger partial charge in [-0.2, -0.15) is 0 Å². The van der Waals surface area contributed by atoms with Crippen molar-refractivity contribution in [1.82, 2.24) is 10.3 Å². The number of para-hydroxylation sites is 2. The van der Waals surface area contributed by atoms with Gasteiger partial charge in [-0.1, -0.05) is 48.5 Å². The molecule has 0 radical (unpaired) electrons. The molecule has 0 saturated heterocycles. The van der Waals surface area contributed by atoms with Crippen LogP contribution in [0.3, 0.4) is 0 Å². The molecule has 176 valence electrons.